The number of para-hydroxylation sites is 2. The highest BCUT2D eigenvalue weighted by atomic mass is 16.5. The number of rotatable bonds is 4. The molecular weight excluding hydrogens is 242 g/mol. The highest BCUT2D eigenvalue weighted by molar-refractivity contribution is 5.46. The van der Waals surface area contributed by atoms with Crippen molar-refractivity contribution in [3.8, 4) is 11.4 Å². The smallest absolute Gasteiger partial charge is 0.204 e. The van der Waals surface area contributed by atoms with E-state index in [4.69, 9.17) is 10.5 Å². The number of aryl methyl sites for hydroxylation is 1. The van der Waals surface area contributed by atoms with Crippen molar-refractivity contribution in [3.05, 3.63) is 51.9 Å². The van der Waals surface area contributed by atoms with E-state index < -0.39 is 0 Å². The lowest BCUT2D eigenvalue weighted by atomic mass is 10.2. The number of nitrogens with zero attached hydrogens (tertiary/aromatic N) is 2. The van der Waals surface area contributed by atoms with Crippen molar-refractivity contribution >= 4 is 0 Å². The summed E-state index contributed by atoms with van der Waals surface area (Å²) in [7, 11) is 0. The largest absolute Gasteiger partial charge is 0.492 e. The molecule has 0 saturated carbocycles. The molecule has 5 heteroatoms. The van der Waals surface area contributed by atoms with Gasteiger partial charge in [0, 0.05) is 18.3 Å². The van der Waals surface area contributed by atoms with E-state index in [1.54, 1.807) is 4.68 Å². The lowest BCUT2D eigenvalue weighted by Crippen LogP contribution is -2.21. The topological polar surface area (TPSA) is 70.1 Å². The Balaban J connectivity index is 2.61. The van der Waals surface area contributed by atoms with E-state index in [1.165, 1.54) is 6.07 Å². The fourth-order valence-electron chi connectivity index (χ4n) is 1.88. The molecule has 0 saturated heterocycles. The Labute approximate surface area is 111 Å². The van der Waals surface area contributed by atoms with Crippen molar-refractivity contribution in [2.24, 2.45) is 5.73 Å². The minimum atomic E-state index is -0.134. The second kappa shape index (κ2) is 5.67. The number of ether oxygens (including phenoxy) is 1. The third-order valence-electron chi connectivity index (χ3n) is 2.77. The van der Waals surface area contributed by atoms with E-state index in [-0.39, 0.29) is 12.0 Å². The normalized spacial score (nSPS) is 10.5. The molecule has 19 heavy (non-hydrogen) atoms. The molecule has 5 nitrogen and oxygen atoms in total. The number of hydrogen-bond acceptors (Lipinski definition) is 4. The van der Waals surface area contributed by atoms with Gasteiger partial charge in [-0.05, 0) is 26.0 Å². The maximum absolute atomic E-state index is 11.7. The van der Waals surface area contributed by atoms with Gasteiger partial charge in [0.2, 0.25) is 5.43 Å². The number of benzene rings is 1. The van der Waals surface area contributed by atoms with Crippen LogP contribution < -0.4 is 15.9 Å². The van der Waals surface area contributed by atoms with E-state index in [2.05, 4.69) is 5.10 Å². The Morgan fingerprint density at radius 2 is 2.11 bits per heavy atom. The fraction of sp³-hybridized carbons (Fsp3) is 0.286. The van der Waals surface area contributed by atoms with Crippen LogP contribution in [0.1, 0.15) is 18.3 Å². The van der Waals surface area contributed by atoms with Crippen molar-refractivity contribution in [2.75, 3.05) is 6.61 Å². The SMILES string of the molecule is CCOc1ccccc1-n1nc(CN)c(=O)cc1C. The van der Waals surface area contributed by atoms with Gasteiger partial charge in [0.15, 0.2) is 0 Å². The van der Waals surface area contributed by atoms with Crippen LogP contribution in [-0.4, -0.2) is 16.4 Å². The van der Waals surface area contributed by atoms with E-state index in [0.717, 1.165) is 17.1 Å². The van der Waals surface area contributed by atoms with Crippen molar-refractivity contribution in [3.63, 3.8) is 0 Å². The Morgan fingerprint density at radius 3 is 2.79 bits per heavy atom. The number of aromatic nitrogens is 2. The molecular formula is C14H17N3O2. The summed E-state index contributed by atoms with van der Waals surface area (Å²) in [6, 6.07) is 9.11. The Hall–Kier alpha value is -2.14. The third-order valence-corrected chi connectivity index (χ3v) is 2.77. The summed E-state index contributed by atoms with van der Waals surface area (Å²) in [5.41, 5.74) is 7.29. The van der Waals surface area contributed by atoms with Crippen molar-refractivity contribution in [2.45, 2.75) is 20.4 Å². The van der Waals surface area contributed by atoms with Crippen LogP contribution in [0.25, 0.3) is 5.69 Å². The molecule has 100 valence electrons. The lowest BCUT2D eigenvalue weighted by molar-refractivity contribution is 0.338. The molecule has 2 aromatic rings. The van der Waals surface area contributed by atoms with E-state index in [1.807, 2.05) is 38.1 Å². The fourth-order valence-corrected chi connectivity index (χ4v) is 1.88. The van der Waals surface area contributed by atoms with Gasteiger partial charge in [-0.2, -0.15) is 5.10 Å². The molecule has 0 spiro atoms. The van der Waals surface area contributed by atoms with E-state index >= 15 is 0 Å². The van der Waals surface area contributed by atoms with Crippen molar-refractivity contribution in [1.29, 1.82) is 0 Å². The van der Waals surface area contributed by atoms with E-state index in [9.17, 15) is 4.79 Å². The van der Waals surface area contributed by atoms with Gasteiger partial charge in [0.25, 0.3) is 0 Å². The molecule has 0 unspecified atom stereocenters. The molecule has 0 fully saturated rings. The van der Waals surface area contributed by atoms with Crippen LogP contribution in [0.2, 0.25) is 0 Å². The van der Waals surface area contributed by atoms with E-state index in [0.29, 0.717) is 12.3 Å². The quantitative estimate of drug-likeness (QED) is 0.901. The highest BCUT2D eigenvalue weighted by Crippen LogP contribution is 2.22. The maximum atomic E-state index is 11.7. The molecule has 0 aliphatic carbocycles. The predicted molar refractivity (Wildman–Crippen MR) is 73.6 cm³/mol. The maximum Gasteiger partial charge on any atom is 0.204 e. The van der Waals surface area contributed by atoms with Crippen LogP contribution in [0.5, 0.6) is 5.75 Å². The monoisotopic (exact) mass is 259 g/mol. The van der Waals surface area contributed by atoms with Crippen LogP contribution in [0.3, 0.4) is 0 Å². The summed E-state index contributed by atoms with van der Waals surface area (Å²) in [4.78, 5) is 11.7. The zero-order valence-corrected chi connectivity index (χ0v) is 11.1. The van der Waals surface area contributed by atoms with Gasteiger partial charge >= 0.3 is 0 Å². The molecule has 1 aromatic heterocycles. The van der Waals surface area contributed by atoms with Crippen LogP contribution in [0.15, 0.2) is 35.1 Å². The minimum absolute atomic E-state index is 0.121. The molecule has 2 rings (SSSR count). The minimum Gasteiger partial charge on any atom is -0.492 e. The van der Waals surface area contributed by atoms with Crippen LogP contribution in [0, 0.1) is 6.92 Å². The van der Waals surface area contributed by atoms with Crippen LogP contribution in [-0.2, 0) is 6.54 Å². The third kappa shape index (κ3) is 2.66. The average Bonchev–Trinajstić information content (AvgIpc) is 2.40. The molecule has 0 amide bonds. The van der Waals surface area contributed by atoms with Gasteiger partial charge in [-0.25, -0.2) is 4.68 Å². The lowest BCUT2D eigenvalue weighted by Gasteiger charge is -2.14. The number of hydrogen-bond donors (Lipinski definition) is 1. The zero-order valence-electron chi connectivity index (χ0n) is 11.1. The first-order chi connectivity index (χ1) is 9.17. The average molecular weight is 259 g/mol. The second-order valence-corrected chi connectivity index (χ2v) is 4.11. The summed E-state index contributed by atoms with van der Waals surface area (Å²) >= 11 is 0. The van der Waals surface area contributed by atoms with Crippen molar-refractivity contribution < 1.29 is 4.74 Å². The molecule has 0 atom stereocenters. The summed E-state index contributed by atoms with van der Waals surface area (Å²) in [6.45, 7) is 4.45. The Morgan fingerprint density at radius 1 is 1.37 bits per heavy atom. The molecule has 1 aromatic carbocycles. The first-order valence-electron chi connectivity index (χ1n) is 6.19. The molecule has 1 heterocycles. The first kappa shape index (κ1) is 13.3. The van der Waals surface area contributed by atoms with Gasteiger partial charge in [-0.1, -0.05) is 12.1 Å². The van der Waals surface area contributed by atoms with Gasteiger partial charge in [0.1, 0.15) is 17.1 Å². The van der Waals surface area contributed by atoms with Crippen LogP contribution in [0.4, 0.5) is 0 Å². The predicted octanol–water partition coefficient (Wildman–Crippen LogP) is 1.40. The number of nitrogens with two attached hydrogens (primary N) is 1. The molecule has 0 aliphatic heterocycles. The molecule has 0 aliphatic rings. The first-order valence-corrected chi connectivity index (χ1v) is 6.19. The zero-order chi connectivity index (χ0) is 13.8. The van der Waals surface area contributed by atoms with Crippen molar-refractivity contribution in [1.82, 2.24) is 9.78 Å². The highest BCUT2D eigenvalue weighted by Gasteiger charge is 2.10. The Kier molecular flexibility index (Phi) is 3.97. The summed E-state index contributed by atoms with van der Waals surface area (Å²) < 4.78 is 7.27. The standard InChI is InChI=1S/C14H17N3O2/c1-3-19-14-7-5-4-6-12(14)17-10(2)8-13(18)11(9-15)16-17/h4-8H,3,9,15H2,1-2H3. The summed E-state index contributed by atoms with van der Waals surface area (Å²) in [5.74, 6) is 0.729. The molecule has 2 N–H and O–H groups in total. The van der Waals surface area contributed by atoms with Gasteiger partial charge in [0.05, 0.1) is 6.61 Å². The van der Waals surface area contributed by atoms with Crippen LogP contribution >= 0.6 is 0 Å². The van der Waals surface area contributed by atoms with Gasteiger partial charge < -0.3 is 10.5 Å². The molecule has 0 radical (unpaired) electrons. The second-order valence-electron chi connectivity index (χ2n) is 4.11. The summed E-state index contributed by atoms with van der Waals surface area (Å²) in [5, 5.41) is 4.30. The Bertz CT molecular complexity index is 635. The van der Waals surface area contributed by atoms with Gasteiger partial charge in [-0.15, -0.1) is 0 Å². The summed E-state index contributed by atoms with van der Waals surface area (Å²) in [6.07, 6.45) is 0. The van der Waals surface area contributed by atoms with Gasteiger partial charge in [-0.3, -0.25) is 4.79 Å². The molecule has 0 bridgehead atoms.